The number of ether oxygens (including phenoxy) is 1. The Labute approximate surface area is 185 Å². The van der Waals surface area contributed by atoms with Crippen molar-refractivity contribution in [3.8, 4) is 5.69 Å². The second-order valence-electron chi connectivity index (χ2n) is 7.92. The zero-order valence-electron chi connectivity index (χ0n) is 17.5. The monoisotopic (exact) mass is 443 g/mol. The molecule has 3 amide bonds. The highest BCUT2D eigenvalue weighted by atomic mass is 35.5. The van der Waals surface area contributed by atoms with Crippen molar-refractivity contribution in [3.63, 3.8) is 0 Å². The van der Waals surface area contributed by atoms with Crippen LogP contribution in [0.4, 0.5) is 10.7 Å². The van der Waals surface area contributed by atoms with Crippen LogP contribution in [-0.2, 0) is 9.53 Å². The van der Waals surface area contributed by atoms with E-state index >= 15 is 0 Å². The van der Waals surface area contributed by atoms with Gasteiger partial charge in [-0.15, -0.1) is 0 Å². The smallest absolute Gasteiger partial charge is 0.379 e. The average molecular weight is 444 g/mol. The van der Waals surface area contributed by atoms with Crippen LogP contribution in [0.1, 0.15) is 11.7 Å². The number of amides is 3. The van der Waals surface area contributed by atoms with E-state index in [-0.39, 0.29) is 11.9 Å². The van der Waals surface area contributed by atoms with E-state index in [2.05, 4.69) is 4.90 Å². The maximum absolute atomic E-state index is 13.4. The van der Waals surface area contributed by atoms with E-state index in [1.54, 1.807) is 7.05 Å². The summed E-state index contributed by atoms with van der Waals surface area (Å²) in [6.07, 6.45) is 1.89. The zero-order valence-corrected chi connectivity index (χ0v) is 18.2. The fraction of sp³-hybridized carbons (Fsp3) is 0.429. The molecule has 5 rings (SSSR count). The van der Waals surface area contributed by atoms with Crippen LogP contribution in [0.15, 0.2) is 35.5 Å². The number of likely N-dealkylation sites (N-methyl/N-ethyl adjacent to an activating group) is 1. The molecule has 0 bridgehead atoms. The van der Waals surface area contributed by atoms with Gasteiger partial charge in [0.2, 0.25) is 11.9 Å². The molecule has 1 aromatic heterocycles. The highest BCUT2D eigenvalue weighted by Crippen LogP contribution is 2.33. The average Bonchev–Trinajstić information content (AvgIpc) is 3.28. The van der Waals surface area contributed by atoms with Gasteiger partial charge in [-0.05, 0) is 19.1 Å². The number of amidine groups is 1. The molecule has 0 spiro atoms. The lowest BCUT2D eigenvalue weighted by Crippen LogP contribution is -2.63. The van der Waals surface area contributed by atoms with E-state index in [1.165, 1.54) is 9.80 Å². The van der Waals surface area contributed by atoms with Crippen LogP contribution in [0.25, 0.3) is 5.69 Å². The third kappa shape index (κ3) is 3.24. The number of benzene rings is 1. The summed E-state index contributed by atoms with van der Waals surface area (Å²) in [4.78, 5) is 36.1. The number of imidazole rings is 1. The number of para-hydroxylation sites is 1. The second-order valence-corrected chi connectivity index (χ2v) is 8.33. The Bertz CT molecular complexity index is 1090. The van der Waals surface area contributed by atoms with Gasteiger partial charge in [0.05, 0.1) is 18.2 Å². The number of nitrogens with zero attached hydrogens (tertiary/aromatic N) is 6. The summed E-state index contributed by atoms with van der Waals surface area (Å²) in [5, 5.41) is 0.586. The number of rotatable bonds is 4. The predicted octanol–water partition coefficient (Wildman–Crippen LogP) is 1.54. The number of fused-ring (bicyclic) bond motifs is 3. The van der Waals surface area contributed by atoms with Crippen molar-refractivity contribution >= 4 is 35.3 Å². The number of halogens is 1. The summed E-state index contributed by atoms with van der Waals surface area (Å²) in [6.45, 7) is 5.88. The molecule has 2 fully saturated rings. The van der Waals surface area contributed by atoms with Gasteiger partial charge < -0.3 is 4.74 Å². The van der Waals surface area contributed by atoms with Crippen LogP contribution in [0.2, 0.25) is 5.02 Å². The van der Waals surface area contributed by atoms with Crippen molar-refractivity contribution in [1.29, 1.82) is 0 Å². The minimum atomic E-state index is -0.662. The maximum atomic E-state index is 13.4. The lowest BCUT2D eigenvalue weighted by molar-refractivity contribution is -0.676. The Hall–Kier alpha value is -2.75. The molecule has 0 saturated carbocycles. The molecule has 0 radical (unpaired) electrons. The molecule has 0 aliphatic carbocycles. The molecule has 3 aliphatic heterocycles. The first-order valence-electron chi connectivity index (χ1n) is 10.3. The molecule has 9 nitrogen and oxygen atoms in total. The summed E-state index contributed by atoms with van der Waals surface area (Å²) >= 11 is 6.43. The number of carbonyl (C=O) groups excluding carboxylic acids is 2. The normalized spacial score (nSPS) is 21.4. The summed E-state index contributed by atoms with van der Waals surface area (Å²) in [6, 6.07) is 6.48. The summed E-state index contributed by atoms with van der Waals surface area (Å²) in [5.74, 6) is 0.761. The molecule has 4 heterocycles. The molecule has 1 aromatic carbocycles. The first-order chi connectivity index (χ1) is 15.0. The predicted molar refractivity (Wildman–Crippen MR) is 114 cm³/mol. The minimum Gasteiger partial charge on any atom is -0.379 e. The molecule has 162 valence electrons. The molecule has 3 aliphatic rings. The molecular formula is C21H24ClN6O3+. The standard InChI is InChI=1S/C21H24ClN6O3/c1-14-13-27-17-18(23-20(27)28(14)16-6-4-3-5-15(16)22)24(2)21(30)26(19(17)29)8-7-25-9-11-31-12-10-25/h3-6,13,17H,7-12H2,1-2H3/q+1. The number of imide groups is 1. The summed E-state index contributed by atoms with van der Waals surface area (Å²) in [7, 11) is 1.67. The summed E-state index contributed by atoms with van der Waals surface area (Å²) in [5.41, 5.74) is 1.68. The van der Waals surface area contributed by atoms with Gasteiger partial charge in [-0.3, -0.25) is 19.5 Å². The van der Waals surface area contributed by atoms with E-state index in [9.17, 15) is 9.59 Å². The number of aromatic nitrogens is 2. The first-order valence-corrected chi connectivity index (χ1v) is 10.7. The number of urea groups is 1. The molecule has 1 unspecified atom stereocenters. The van der Waals surface area contributed by atoms with Crippen LogP contribution >= 0.6 is 11.6 Å². The molecule has 2 saturated heterocycles. The number of hydrogen-bond donors (Lipinski definition) is 0. The molecule has 31 heavy (non-hydrogen) atoms. The molecular weight excluding hydrogens is 420 g/mol. The highest BCUT2D eigenvalue weighted by Gasteiger charge is 2.53. The van der Waals surface area contributed by atoms with Gasteiger partial charge in [0.15, 0.2) is 0 Å². The van der Waals surface area contributed by atoms with Crippen molar-refractivity contribution in [2.24, 2.45) is 4.99 Å². The van der Waals surface area contributed by atoms with Crippen LogP contribution < -0.4 is 4.57 Å². The Morgan fingerprint density at radius 1 is 1.19 bits per heavy atom. The number of aliphatic imine (C=N–C) groups is 1. The second kappa shape index (κ2) is 7.74. The lowest BCUT2D eigenvalue weighted by Gasteiger charge is -2.35. The van der Waals surface area contributed by atoms with Crippen molar-refractivity contribution in [2.45, 2.75) is 13.0 Å². The third-order valence-corrected chi connectivity index (χ3v) is 6.36. The fourth-order valence-electron chi connectivity index (χ4n) is 4.39. The molecule has 0 N–H and O–H groups in total. The zero-order chi connectivity index (χ0) is 21.7. The fourth-order valence-corrected chi connectivity index (χ4v) is 4.61. The Kier molecular flexibility index (Phi) is 5.04. The minimum absolute atomic E-state index is 0.254. The Morgan fingerprint density at radius 2 is 1.94 bits per heavy atom. The van der Waals surface area contributed by atoms with Gasteiger partial charge in [0.1, 0.15) is 17.6 Å². The maximum Gasteiger partial charge on any atom is 0.407 e. The van der Waals surface area contributed by atoms with E-state index in [1.807, 2.05) is 46.5 Å². The SMILES string of the molecule is Cc1c[n+]2c(n1-c1ccccc1Cl)N=C1C2C(=O)N(CCN2CCOCC2)C(=O)N1C. The molecule has 1 atom stereocenters. The number of morpholine rings is 1. The van der Waals surface area contributed by atoms with Gasteiger partial charge >= 0.3 is 12.0 Å². The van der Waals surface area contributed by atoms with Gasteiger partial charge in [0, 0.05) is 33.2 Å². The quantitative estimate of drug-likeness (QED) is 0.672. The molecule has 2 aromatic rings. The van der Waals surface area contributed by atoms with Crippen molar-refractivity contribution in [1.82, 2.24) is 19.3 Å². The van der Waals surface area contributed by atoms with Gasteiger partial charge in [0.25, 0.3) is 5.91 Å². The first kappa shape index (κ1) is 20.2. The van der Waals surface area contributed by atoms with Crippen molar-refractivity contribution in [3.05, 3.63) is 41.2 Å². The Balaban J connectivity index is 1.48. The van der Waals surface area contributed by atoms with Crippen LogP contribution in [0.5, 0.6) is 0 Å². The van der Waals surface area contributed by atoms with E-state index in [0.717, 1.165) is 24.5 Å². The van der Waals surface area contributed by atoms with E-state index in [4.69, 9.17) is 21.3 Å². The Morgan fingerprint density at radius 3 is 2.68 bits per heavy atom. The van der Waals surface area contributed by atoms with Crippen LogP contribution in [-0.4, -0.2) is 83.5 Å². The van der Waals surface area contributed by atoms with Gasteiger partial charge in [-0.25, -0.2) is 9.36 Å². The summed E-state index contributed by atoms with van der Waals surface area (Å²) < 4.78 is 9.13. The lowest BCUT2D eigenvalue weighted by atomic mass is 10.1. The van der Waals surface area contributed by atoms with Crippen LogP contribution in [0, 0.1) is 6.92 Å². The number of aryl methyl sites for hydroxylation is 1. The number of carbonyl (C=O) groups is 2. The number of hydrogen-bond acceptors (Lipinski definition) is 5. The largest absolute Gasteiger partial charge is 0.407 e. The van der Waals surface area contributed by atoms with Gasteiger partial charge in [-0.2, -0.15) is 4.57 Å². The topological polar surface area (TPSA) is 74.3 Å². The third-order valence-electron chi connectivity index (χ3n) is 6.05. The highest BCUT2D eigenvalue weighted by molar-refractivity contribution is 6.32. The van der Waals surface area contributed by atoms with Gasteiger partial charge in [-0.1, -0.05) is 28.7 Å². The van der Waals surface area contributed by atoms with E-state index in [0.29, 0.717) is 43.1 Å². The van der Waals surface area contributed by atoms with Crippen LogP contribution in [0.3, 0.4) is 0 Å². The molecule has 10 heteroatoms. The van der Waals surface area contributed by atoms with Crippen molar-refractivity contribution in [2.75, 3.05) is 46.4 Å². The van der Waals surface area contributed by atoms with Crippen molar-refractivity contribution < 1.29 is 18.9 Å². The van der Waals surface area contributed by atoms with E-state index < -0.39 is 6.04 Å².